The number of ether oxygens (including phenoxy) is 1. The number of hydrogen-bond acceptors (Lipinski definition) is 5. The quantitative estimate of drug-likeness (QED) is 0.553. The third-order valence-corrected chi connectivity index (χ3v) is 3.31. The molecule has 2 aromatic rings. The van der Waals surface area contributed by atoms with E-state index in [-0.39, 0.29) is 18.0 Å². The first-order valence-electron chi connectivity index (χ1n) is 7.40. The number of carbonyl (C=O) groups excluding carboxylic acids is 2. The van der Waals surface area contributed by atoms with Gasteiger partial charge in [0.05, 0.1) is 6.42 Å². The van der Waals surface area contributed by atoms with Crippen molar-refractivity contribution in [1.82, 2.24) is 9.88 Å². The number of rotatable bonds is 8. The predicted octanol–water partition coefficient (Wildman–Crippen LogP) is 2.48. The van der Waals surface area contributed by atoms with Crippen LogP contribution in [0.2, 0.25) is 0 Å². The molecule has 0 spiro atoms. The van der Waals surface area contributed by atoms with E-state index >= 15 is 0 Å². The summed E-state index contributed by atoms with van der Waals surface area (Å²) < 4.78 is 5.58. The molecule has 0 saturated heterocycles. The first-order chi connectivity index (χ1) is 11.1. The monoisotopic (exact) mass is 312 g/mol. The molecule has 1 aromatic heterocycles. The Balaban J connectivity index is 1.91. The molecule has 0 aliphatic carbocycles. The van der Waals surface area contributed by atoms with E-state index in [2.05, 4.69) is 4.98 Å². The molecule has 0 amide bonds. The zero-order valence-electron chi connectivity index (χ0n) is 13.4. The minimum Gasteiger partial charge on any atom is -0.492 e. The van der Waals surface area contributed by atoms with Crippen molar-refractivity contribution in [2.45, 2.75) is 6.42 Å². The molecule has 1 aromatic carbocycles. The lowest BCUT2D eigenvalue weighted by Gasteiger charge is -2.11. The van der Waals surface area contributed by atoms with Crippen LogP contribution in [0.1, 0.15) is 27.1 Å². The third kappa shape index (κ3) is 5.30. The molecular weight excluding hydrogens is 292 g/mol. The van der Waals surface area contributed by atoms with Crippen molar-refractivity contribution in [3.63, 3.8) is 0 Å². The van der Waals surface area contributed by atoms with Crippen molar-refractivity contribution in [2.75, 3.05) is 27.2 Å². The lowest BCUT2D eigenvalue weighted by atomic mass is 10.0. The van der Waals surface area contributed by atoms with Crippen LogP contribution in [-0.2, 0) is 0 Å². The van der Waals surface area contributed by atoms with Crippen LogP contribution in [0.5, 0.6) is 5.75 Å². The standard InChI is InChI=1S/C18H20N2O3/c1-20(2)11-12-23-16-5-3-14(4-6-16)17(21)13-18(22)15-7-9-19-10-8-15/h3-10H,11-13H2,1-2H3. The first kappa shape index (κ1) is 16.8. The van der Waals surface area contributed by atoms with Gasteiger partial charge < -0.3 is 9.64 Å². The molecule has 0 radical (unpaired) electrons. The van der Waals surface area contributed by atoms with Gasteiger partial charge in [-0.1, -0.05) is 0 Å². The van der Waals surface area contributed by atoms with Crippen molar-refractivity contribution in [2.24, 2.45) is 0 Å². The predicted molar refractivity (Wildman–Crippen MR) is 88.0 cm³/mol. The van der Waals surface area contributed by atoms with Crippen LogP contribution >= 0.6 is 0 Å². The molecule has 5 nitrogen and oxygen atoms in total. The van der Waals surface area contributed by atoms with Crippen LogP contribution in [0, 0.1) is 0 Å². The molecule has 0 saturated carbocycles. The summed E-state index contributed by atoms with van der Waals surface area (Å²) >= 11 is 0. The fourth-order valence-electron chi connectivity index (χ4n) is 1.97. The Morgan fingerprint density at radius 2 is 1.52 bits per heavy atom. The van der Waals surface area contributed by atoms with E-state index in [4.69, 9.17) is 4.74 Å². The normalized spacial score (nSPS) is 10.6. The fourth-order valence-corrected chi connectivity index (χ4v) is 1.97. The summed E-state index contributed by atoms with van der Waals surface area (Å²) in [5, 5.41) is 0. The Morgan fingerprint density at radius 3 is 2.09 bits per heavy atom. The maximum Gasteiger partial charge on any atom is 0.170 e. The van der Waals surface area contributed by atoms with Gasteiger partial charge in [-0.2, -0.15) is 0 Å². The largest absolute Gasteiger partial charge is 0.492 e. The van der Waals surface area contributed by atoms with Crippen molar-refractivity contribution in [3.05, 3.63) is 59.9 Å². The van der Waals surface area contributed by atoms with Gasteiger partial charge in [0, 0.05) is 30.1 Å². The Morgan fingerprint density at radius 1 is 0.957 bits per heavy atom. The van der Waals surface area contributed by atoms with E-state index in [1.165, 1.54) is 12.4 Å². The molecule has 0 fully saturated rings. The molecule has 0 bridgehead atoms. The maximum atomic E-state index is 12.2. The number of ketones is 2. The van der Waals surface area contributed by atoms with Gasteiger partial charge in [-0.05, 0) is 50.5 Å². The fraction of sp³-hybridized carbons (Fsp3) is 0.278. The average molecular weight is 312 g/mol. The van der Waals surface area contributed by atoms with Gasteiger partial charge in [0.2, 0.25) is 0 Å². The van der Waals surface area contributed by atoms with Gasteiger partial charge in [0.15, 0.2) is 11.6 Å². The van der Waals surface area contributed by atoms with Gasteiger partial charge in [-0.15, -0.1) is 0 Å². The summed E-state index contributed by atoms with van der Waals surface area (Å²) in [5.41, 5.74) is 1.00. The van der Waals surface area contributed by atoms with Gasteiger partial charge in [-0.25, -0.2) is 0 Å². The molecule has 0 aliphatic rings. The molecule has 0 unspecified atom stereocenters. The van der Waals surface area contributed by atoms with Gasteiger partial charge in [-0.3, -0.25) is 14.6 Å². The van der Waals surface area contributed by atoms with E-state index in [1.54, 1.807) is 36.4 Å². The summed E-state index contributed by atoms with van der Waals surface area (Å²) in [4.78, 5) is 30.1. The Kier molecular flexibility index (Phi) is 6.00. The summed E-state index contributed by atoms with van der Waals surface area (Å²) in [7, 11) is 3.95. The minimum absolute atomic E-state index is 0.148. The second kappa shape index (κ2) is 8.19. The highest BCUT2D eigenvalue weighted by molar-refractivity contribution is 6.13. The Bertz CT molecular complexity index is 652. The minimum atomic E-state index is -0.205. The molecule has 1 heterocycles. The van der Waals surface area contributed by atoms with Crippen molar-refractivity contribution in [1.29, 1.82) is 0 Å². The van der Waals surface area contributed by atoms with Crippen LogP contribution < -0.4 is 4.74 Å². The second-order valence-electron chi connectivity index (χ2n) is 5.44. The van der Waals surface area contributed by atoms with Crippen LogP contribution in [0.4, 0.5) is 0 Å². The van der Waals surface area contributed by atoms with Gasteiger partial charge in [0.25, 0.3) is 0 Å². The molecule has 0 N–H and O–H groups in total. The number of hydrogen-bond donors (Lipinski definition) is 0. The number of benzene rings is 1. The highest BCUT2D eigenvalue weighted by atomic mass is 16.5. The highest BCUT2D eigenvalue weighted by Crippen LogP contribution is 2.14. The maximum absolute atomic E-state index is 12.2. The van der Waals surface area contributed by atoms with E-state index in [1.807, 2.05) is 19.0 Å². The molecule has 0 aliphatic heterocycles. The lowest BCUT2D eigenvalue weighted by Crippen LogP contribution is -2.19. The number of likely N-dealkylation sites (N-methyl/N-ethyl adjacent to an activating group) is 1. The van der Waals surface area contributed by atoms with Gasteiger partial charge in [0.1, 0.15) is 12.4 Å². The number of nitrogens with zero attached hydrogens (tertiary/aromatic N) is 2. The Labute approximate surface area is 135 Å². The summed E-state index contributed by atoms with van der Waals surface area (Å²) in [6, 6.07) is 10.1. The summed E-state index contributed by atoms with van der Waals surface area (Å²) in [5.74, 6) is 0.305. The van der Waals surface area contributed by atoms with Crippen LogP contribution in [0.25, 0.3) is 0 Å². The van der Waals surface area contributed by atoms with E-state index in [0.29, 0.717) is 23.5 Å². The van der Waals surface area contributed by atoms with Crippen molar-refractivity contribution >= 4 is 11.6 Å². The molecular formula is C18H20N2O3. The SMILES string of the molecule is CN(C)CCOc1ccc(C(=O)CC(=O)c2ccncc2)cc1. The zero-order chi connectivity index (χ0) is 16.7. The van der Waals surface area contributed by atoms with Crippen LogP contribution in [-0.4, -0.2) is 48.7 Å². The van der Waals surface area contributed by atoms with Crippen molar-refractivity contribution in [3.8, 4) is 5.75 Å². The van der Waals surface area contributed by atoms with Crippen molar-refractivity contribution < 1.29 is 14.3 Å². The summed E-state index contributed by atoms with van der Waals surface area (Å²) in [6.45, 7) is 1.40. The Hall–Kier alpha value is -2.53. The number of Topliss-reactive ketones (excluding diaryl/α,β-unsaturated/α-hetero) is 2. The van der Waals surface area contributed by atoms with Crippen LogP contribution in [0.3, 0.4) is 0 Å². The van der Waals surface area contributed by atoms with E-state index in [0.717, 1.165) is 6.54 Å². The summed E-state index contributed by atoms with van der Waals surface area (Å²) in [6.07, 6.45) is 2.93. The topological polar surface area (TPSA) is 59.5 Å². The van der Waals surface area contributed by atoms with E-state index < -0.39 is 0 Å². The highest BCUT2D eigenvalue weighted by Gasteiger charge is 2.13. The molecule has 23 heavy (non-hydrogen) atoms. The van der Waals surface area contributed by atoms with E-state index in [9.17, 15) is 9.59 Å². The zero-order valence-corrected chi connectivity index (χ0v) is 13.4. The van der Waals surface area contributed by atoms with Gasteiger partial charge >= 0.3 is 0 Å². The van der Waals surface area contributed by atoms with Crippen LogP contribution in [0.15, 0.2) is 48.8 Å². The number of pyridine rings is 1. The first-order valence-corrected chi connectivity index (χ1v) is 7.40. The second-order valence-corrected chi connectivity index (χ2v) is 5.44. The number of carbonyl (C=O) groups is 2. The third-order valence-electron chi connectivity index (χ3n) is 3.31. The molecule has 2 rings (SSSR count). The molecule has 120 valence electrons. The number of aromatic nitrogens is 1. The molecule has 5 heteroatoms. The lowest BCUT2D eigenvalue weighted by molar-refractivity contribution is 0.0894. The average Bonchev–Trinajstić information content (AvgIpc) is 2.56. The smallest absolute Gasteiger partial charge is 0.170 e. The molecule has 0 atom stereocenters.